The van der Waals surface area contributed by atoms with Crippen LogP contribution >= 0.6 is 11.6 Å². The van der Waals surface area contributed by atoms with E-state index in [4.69, 9.17) is 16.3 Å². The molecule has 0 radical (unpaired) electrons. The molecule has 0 fully saturated rings. The molecule has 23 heavy (non-hydrogen) atoms. The Morgan fingerprint density at radius 1 is 1.26 bits per heavy atom. The summed E-state index contributed by atoms with van der Waals surface area (Å²) in [7, 11) is 1.61. The molecule has 0 bridgehead atoms. The fourth-order valence-electron chi connectivity index (χ4n) is 1.76. The van der Waals surface area contributed by atoms with Crippen molar-refractivity contribution in [3.8, 4) is 0 Å². The van der Waals surface area contributed by atoms with Gasteiger partial charge in [0.2, 0.25) is 0 Å². The minimum Gasteiger partial charge on any atom is -0.385 e. The molecule has 7 heteroatoms. The predicted octanol–water partition coefficient (Wildman–Crippen LogP) is 2.88. The summed E-state index contributed by atoms with van der Waals surface area (Å²) in [6.45, 7) is 5.72. The average Bonchev–Trinajstić information content (AvgIpc) is 2.49. The highest BCUT2D eigenvalue weighted by molar-refractivity contribution is 6.34. The highest BCUT2D eigenvalue weighted by atomic mass is 35.5. The number of amides is 3. The second-order valence-electron chi connectivity index (χ2n) is 5.53. The third kappa shape index (κ3) is 7.34. The van der Waals surface area contributed by atoms with E-state index in [-0.39, 0.29) is 11.9 Å². The smallest absolute Gasteiger partial charge is 0.319 e. The van der Waals surface area contributed by atoms with E-state index in [1.165, 1.54) is 0 Å². The van der Waals surface area contributed by atoms with Gasteiger partial charge in [-0.3, -0.25) is 4.79 Å². The molecule has 0 aliphatic heterocycles. The Morgan fingerprint density at radius 2 is 2.00 bits per heavy atom. The fraction of sp³-hybridized carbons (Fsp3) is 0.500. The topological polar surface area (TPSA) is 79.5 Å². The van der Waals surface area contributed by atoms with Crippen molar-refractivity contribution in [3.05, 3.63) is 28.8 Å². The van der Waals surface area contributed by atoms with E-state index in [1.54, 1.807) is 25.3 Å². The normalized spacial score (nSPS) is 10.5. The van der Waals surface area contributed by atoms with Crippen LogP contribution in [0.1, 0.15) is 30.6 Å². The Morgan fingerprint density at radius 3 is 2.61 bits per heavy atom. The predicted molar refractivity (Wildman–Crippen MR) is 92.1 cm³/mol. The molecule has 6 nitrogen and oxygen atoms in total. The van der Waals surface area contributed by atoms with Crippen molar-refractivity contribution in [2.45, 2.75) is 20.3 Å². The number of halogens is 1. The van der Waals surface area contributed by atoms with Gasteiger partial charge in [-0.1, -0.05) is 25.4 Å². The zero-order valence-corrected chi connectivity index (χ0v) is 14.5. The van der Waals surface area contributed by atoms with Gasteiger partial charge in [0.15, 0.2) is 0 Å². The van der Waals surface area contributed by atoms with Gasteiger partial charge in [-0.15, -0.1) is 0 Å². The van der Waals surface area contributed by atoms with Crippen molar-refractivity contribution < 1.29 is 14.3 Å². The molecule has 1 aromatic rings. The molecule has 0 aromatic heterocycles. The third-order valence-electron chi connectivity index (χ3n) is 2.95. The lowest BCUT2D eigenvalue weighted by Crippen LogP contribution is -2.30. The summed E-state index contributed by atoms with van der Waals surface area (Å²) < 4.78 is 4.90. The first-order valence-corrected chi connectivity index (χ1v) is 7.93. The quantitative estimate of drug-likeness (QED) is 0.636. The number of hydrogen-bond acceptors (Lipinski definition) is 3. The van der Waals surface area contributed by atoms with Gasteiger partial charge in [0.1, 0.15) is 0 Å². The molecule has 0 atom stereocenters. The molecule has 0 aliphatic carbocycles. The van der Waals surface area contributed by atoms with E-state index in [9.17, 15) is 9.59 Å². The van der Waals surface area contributed by atoms with E-state index in [0.29, 0.717) is 41.9 Å². The zero-order chi connectivity index (χ0) is 17.2. The minimum atomic E-state index is -0.325. The van der Waals surface area contributed by atoms with Crippen LogP contribution in [-0.4, -0.2) is 38.7 Å². The number of hydrogen-bond donors (Lipinski definition) is 3. The summed E-state index contributed by atoms with van der Waals surface area (Å²) in [4.78, 5) is 23.7. The average molecular weight is 342 g/mol. The van der Waals surface area contributed by atoms with Crippen LogP contribution in [0.25, 0.3) is 0 Å². The lowest BCUT2D eigenvalue weighted by molar-refractivity contribution is 0.0949. The number of anilines is 1. The number of urea groups is 1. The Hall–Kier alpha value is -1.79. The second kappa shape index (κ2) is 10.1. The van der Waals surface area contributed by atoms with Gasteiger partial charge in [-0.05, 0) is 30.5 Å². The van der Waals surface area contributed by atoms with Crippen molar-refractivity contribution >= 4 is 29.2 Å². The minimum absolute atomic E-state index is 0.223. The van der Waals surface area contributed by atoms with Crippen LogP contribution in [0.5, 0.6) is 0 Å². The second-order valence-corrected chi connectivity index (χ2v) is 5.93. The first-order chi connectivity index (χ1) is 10.9. The highest BCUT2D eigenvalue weighted by Gasteiger charge is 2.12. The maximum atomic E-state index is 12.0. The zero-order valence-electron chi connectivity index (χ0n) is 13.7. The number of carbonyl (C=O) groups excluding carboxylic acids is 2. The summed E-state index contributed by atoms with van der Waals surface area (Å²) in [5, 5.41) is 8.47. The van der Waals surface area contributed by atoms with Crippen LogP contribution in [0.15, 0.2) is 18.2 Å². The van der Waals surface area contributed by atoms with E-state index < -0.39 is 0 Å². The standard InChI is InChI=1S/C16H24ClN3O3/c1-11(2)10-19-15(21)13-6-5-12(9-14(13)17)20-16(22)18-7-4-8-23-3/h5-6,9,11H,4,7-8,10H2,1-3H3,(H,19,21)(H2,18,20,22). The van der Waals surface area contributed by atoms with Gasteiger partial charge in [0, 0.05) is 32.5 Å². The highest BCUT2D eigenvalue weighted by Crippen LogP contribution is 2.21. The van der Waals surface area contributed by atoms with Crippen LogP contribution in [0, 0.1) is 5.92 Å². The Labute approximate surface area is 141 Å². The number of methoxy groups -OCH3 is 1. The Kier molecular flexibility index (Phi) is 8.43. The number of benzene rings is 1. The lowest BCUT2D eigenvalue weighted by Gasteiger charge is -2.11. The first kappa shape index (κ1) is 19.3. The van der Waals surface area contributed by atoms with Crippen molar-refractivity contribution in [3.63, 3.8) is 0 Å². The van der Waals surface area contributed by atoms with Crippen molar-refractivity contribution in [2.24, 2.45) is 5.92 Å². The number of ether oxygens (including phenoxy) is 1. The summed E-state index contributed by atoms with van der Waals surface area (Å²) in [6, 6.07) is 4.47. The van der Waals surface area contributed by atoms with Gasteiger partial charge in [0.25, 0.3) is 5.91 Å². The molecule has 0 spiro atoms. The molecular formula is C16H24ClN3O3. The van der Waals surface area contributed by atoms with Crippen LogP contribution in [-0.2, 0) is 4.74 Å². The van der Waals surface area contributed by atoms with E-state index in [1.807, 2.05) is 13.8 Å². The fourth-order valence-corrected chi connectivity index (χ4v) is 2.03. The Balaban J connectivity index is 2.55. The number of rotatable bonds is 8. The molecule has 1 aromatic carbocycles. The molecule has 3 amide bonds. The Bertz CT molecular complexity index is 535. The van der Waals surface area contributed by atoms with Gasteiger partial charge in [0.05, 0.1) is 10.6 Å². The van der Waals surface area contributed by atoms with Gasteiger partial charge in [-0.25, -0.2) is 4.79 Å². The van der Waals surface area contributed by atoms with E-state index in [0.717, 1.165) is 6.42 Å². The molecule has 128 valence electrons. The molecule has 0 aliphatic rings. The summed E-state index contributed by atoms with van der Waals surface area (Å²) in [6.07, 6.45) is 0.736. The van der Waals surface area contributed by atoms with Gasteiger partial charge < -0.3 is 20.7 Å². The lowest BCUT2D eigenvalue weighted by atomic mass is 10.1. The van der Waals surface area contributed by atoms with E-state index >= 15 is 0 Å². The molecule has 0 saturated carbocycles. The number of carbonyl (C=O) groups is 2. The van der Waals surface area contributed by atoms with Crippen molar-refractivity contribution in [1.29, 1.82) is 0 Å². The van der Waals surface area contributed by atoms with Crippen LogP contribution in [0.3, 0.4) is 0 Å². The van der Waals surface area contributed by atoms with Gasteiger partial charge >= 0.3 is 6.03 Å². The largest absolute Gasteiger partial charge is 0.385 e. The summed E-state index contributed by atoms with van der Waals surface area (Å²) in [5.74, 6) is 0.139. The van der Waals surface area contributed by atoms with Crippen molar-refractivity contribution in [2.75, 3.05) is 32.1 Å². The van der Waals surface area contributed by atoms with Crippen LogP contribution in [0.4, 0.5) is 10.5 Å². The molecule has 0 heterocycles. The van der Waals surface area contributed by atoms with Gasteiger partial charge in [-0.2, -0.15) is 0 Å². The third-order valence-corrected chi connectivity index (χ3v) is 3.27. The molecule has 1 rings (SSSR count). The number of nitrogens with one attached hydrogen (secondary N) is 3. The van der Waals surface area contributed by atoms with Crippen molar-refractivity contribution in [1.82, 2.24) is 10.6 Å². The molecule has 0 unspecified atom stereocenters. The molecule has 0 saturated heterocycles. The molecular weight excluding hydrogens is 318 g/mol. The van der Waals surface area contributed by atoms with E-state index in [2.05, 4.69) is 16.0 Å². The first-order valence-electron chi connectivity index (χ1n) is 7.55. The van der Waals surface area contributed by atoms with Crippen LogP contribution < -0.4 is 16.0 Å². The SMILES string of the molecule is COCCCNC(=O)Nc1ccc(C(=O)NCC(C)C)c(Cl)c1. The summed E-state index contributed by atoms with van der Waals surface area (Å²) >= 11 is 6.12. The summed E-state index contributed by atoms with van der Waals surface area (Å²) in [5.41, 5.74) is 0.915. The monoisotopic (exact) mass is 341 g/mol. The maximum Gasteiger partial charge on any atom is 0.319 e. The molecule has 3 N–H and O–H groups in total. The maximum absolute atomic E-state index is 12.0. The van der Waals surface area contributed by atoms with Crippen LogP contribution in [0.2, 0.25) is 5.02 Å².